The molecular weight excluding hydrogens is 1870 g/mol. The van der Waals surface area contributed by atoms with Crippen molar-refractivity contribution in [3.05, 3.63) is 112 Å². The molecule has 0 aliphatic carbocycles. The van der Waals surface area contributed by atoms with Gasteiger partial charge in [-0.3, -0.25) is 90.0 Å². The Kier molecular flexibility index (Phi) is 46.1. The molecule has 2 aliphatic rings. The zero-order chi connectivity index (χ0) is 103. The predicted molar refractivity (Wildman–Crippen MR) is 526 cm³/mol. The summed E-state index contributed by atoms with van der Waals surface area (Å²) >= 11 is 4.32. The minimum absolute atomic E-state index is 0.000481. The van der Waals surface area contributed by atoms with E-state index >= 15 is 24.0 Å². The number of hydrogen-bond acceptors (Lipinski definition) is 29. The van der Waals surface area contributed by atoms with Gasteiger partial charge in [0, 0.05) is 150 Å². The SMILES string of the molecule is CN(C)c1ccc2c(c1)Oc1cc(N(C)C)ccc1C21OC(=O)c2cc(C(=O)N[C@@H](CCCNC(=N)N)C(=O)N[C@@H](CCCNC(=N)N)C(=O)N[C@@H](CCCNC(=N)N)C(=O)N[C@@H](CCC(N)=O)C(=O)N[C@@H](CCCNC(=N)N)C(=O)N[C@@H](CCCNC(=N)N)C(=O)N[C@@H](CSSCCN)C(=O)N[C@@H](CS)C(=O)N[C@@H](CCCNC(=N)N)C(=O)NCC(=O)N[C@@H](Cc3ccc(O)cc3)C(=O)O)ccc21. The Morgan fingerprint density at radius 2 is 0.777 bits per heavy atom. The number of phenolic OH excluding ortho intramolecular Hbond substituents is 1. The summed E-state index contributed by atoms with van der Waals surface area (Å²) in [7, 11) is 9.70. The Bertz CT molecular complexity index is 5000. The molecule has 54 heteroatoms. The minimum atomic E-state index is -1.81. The largest absolute Gasteiger partial charge is 0.508 e. The number of aromatic hydroxyl groups is 1. The van der Waals surface area contributed by atoms with E-state index in [1.807, 2.05) is 62.3 Å². The van der Waals surface area contributed by atoms with E-state index in [9.17, 15) is 53.4 Å². The third-order valence-electron chi connectivity index (χ3n) is 21.5. The Morgan fingerprint density at radius 3 is 1.14 bits per heavy atom. The number of phenols is 1. The highest BCUT2D eigenvalue weighted by Crippen LogP contribution is 2.57. The first-order valence-corrected chi connectivity index (χ1v) is 47.4. The smallest absolute Gasteiger partial charge is 0.340 e. The summed E-state index contributed by atoms with van der Waals surface area (Å²) in [6, 6.07) is 4.77. The van der Waals surface area contributed by atoms with Crippen LogP contribution >= 0.6 is 34.2 Å². The first-order chi connectivity index (χ1) is 65.9. The van der Waals surface area contributed by atoms with Gasteiger partial charge >= 0.3 is 11.9 Å². The number of amides is 12. The minimum Gasteiger partial charge on any atom is -0.508 e. The molecule has 10 atom stereocenters. The second-order valence-electron chi connectivity index (χ2n) is 32.6. The summed E-state index contributed by atoms with van der Waals surface area (Å²) < 4.78 is 13.0. The van der Waals surface area contributed by atoms with E-state index in [-0.39, 0.29) is 152 Å². The number of benzene rings is 4. The molecule has 0 radical (unpaired) electrons. The van der Waals surface area contributed by atoms with Crippen LogP contribution in [0.3, 0.4) is 0 Å². The molecule has 4 aromatic rings. The highest BCUT2D eigenvalue weighted by atomic mass is 33.1. The fourth-order valence-corrected chi connectivity index (χ4v) is 16.6. The van der Waals surface area contributed by atoms with Gasteiger partial charge < -0.3 is 166 Å². The standard InChI is InChI=1S/C85H129N33O18S3/c1-117(2)46-20-25-51-63(39-46)135-64-40-47(118(3)4)21-26-52(64)85(51)50-24-19-45(38-49(50)78(134)136-85)67(122)108-54(12-6-31-101-80(90)91)69(124)110-55(13-7-32-102-81(92)93)70(125)111-57(15-9-34-104-83(96)97)72(127)114-59(27-28-65(87)120)74(129)113-56(14-8-33-103-82(94)95)71(126)112-58(16-10-35-105-84(98)99)73(128)116-62(43-139-138-36-29-86)76(131)115-61(42-137)75(130)109-53(11-5-30-100-79(88)89)68(123)106-41-66(121)107-60(77(132)133)37-44-17-22-48(119)23-18-44/h17-26,38-40,53-62,119,137H,5-16,27-37,41-43,86H2,1-4H3,(H2,87,120)(H,106,123)(H,107,121)(H,108,122)(H,109,130)(H,110,124)(H,111,125)(H,112,126)(H,113,129)(H,114,127)(H,115,131)(H,116,128)(H,132,133)(H4,88,89,100)(H4,90,91,101)(H4,92,93,102)(H4,94,95,103)(H4,96,97,104)(H4,98,99,105)/t53-,54-,55-,56-,57-,58-,59-,60-,61-,62-/m0/s1. The highest BCUT2D eigenvalue weighted by molar-refractivity contribution is 8.76. The number of esters is 1. The second-order valence-corrected chi connectivity index (χ2v) is 35.6. The van der Waals surface area contributed by atoms with Gasteiger partial charge in [0.05, 0.1) is 12.1 Å². The monoisotopic (exact) mass is 2000 g/mol. The number of guanidine groups is 6. The fraction of sp³-hybridized carbons (Fsp3) is 0.482. The van der Waals surface area contributed by atoms with Crippen LogP contribution in [0.2, 0.25) is 0 Å². The number of rotatable bonds is 60. The van der Waals surface area contributed by atoms with Crippen molar-refractivity contribution in [2.24, 2.45) is 45.9 Å². The molecule has 6 rings (SSSR count). The lowest BCUT2D eigenvalue weighted by molar-refractivity contribution is -0.141. The maximum atomic E-state index is 15.1. The van der Waals surface area contributed by atoms with Crippen molar-refractivity contribution >= 4 is 164 Å². The number of thiol groups is 1. The van der Waals surface area contributed by atoms with Gasteiger partial charge in [0.15, 0.2) is 41.4 Å². The molecule has 4 aromatic carbocycles. The molecule has 41 N–H and O–H groups in total. The number of anilines is 2. The third kappa shape index (κ3) is 37.0. The molecule has 0 unspecified atom stereocenters. The average Bonchev–Trinajstić information content (AvgIpc) is 1.57. The quantitative estimate of drug-likeness (QED) is 0.00489. The highest BCUT2D eigenvalue weighted by Gasteiger charge is 2.54. The molecule has 1 spiro atoms. The van der Waals surface area contributed by atoms with E-state index in [4.69, 9.17) is 87.8 Å². The second kappa shape index (κ2) is 56.7. The predicted octanol–water partition coefficient (Wildman–Crippen LogP) is -5.89. The molecule has 2 aliphatic heterocycles. The van der Waals surface area contributed by atoms with Gasteiger partial charge in [-0.2, -0.15) is 12.6 Å². The van der Waals surface area contributed by atoms with Crippen LogP contribution < -0.4 is 151 Å². The molecule has 51 nitrogen and oxygen atoms in total. The van der Waals surface area contributed by atoms with Crippen molar-refractivity contribution in [2.75, 3.05) is 108 Å². The number of primary amides is 1. The van der Waals surface area contributed by atoms with E-state index in [0.29, 0.717) is 39.5 Å². The van der Waals surface area contributed by atoms with Crippen LogP contribution in [0.1, 0.15) is 133 Å². The Morgan fingerprint density at radius 1 is 0.424 bits per heavy atom. The number of hydrogen-bond donors (Lipinski definition) is 34. The summed E-state index contributed by atoms with van der Waals surface area (Å²) in [5.74, 6) is -16.6. The van der Waals surface area contributed by atoms with Crippen LogP contribution in [0.15, 0.2) is 78.9 Å². The lowest BCUT2D eigenvalue weighted by atomic mass is 9.77. The number of fused-ring (bicyclic) bond motifs is 6. The van der Waals surface area contributed by atoms with Crippen molar-refractivity contribution in [1.82, 2.24) is 90.4 Å². The zero-order valence-corrected chi connectivity index (χ0v) is 79.9. The van der Waals surface area contributed by atoms with E-state index in [1.165, 1.54) is 47.2 Å². The molecule has 0 saturated carbocycles. The van der Waals surface area contributed by atoms with E-state index in [1.54, 1.807) is 18.2 Å². The molecule has 0 saturated heterocycles. The molecule has 2 heterocycles. The third-order valence-corrected chi connectivity index (χ3v) is 24.3. The Hall–Kier alpha value is -14.7. The van der Waals surface area contributed by atoms with Gasteiger partial charge in [-0.15, -0.1) is 0 Å². The molecule has 139 heavy (non-hydrogen) atoms. The first-order valence-electron chi connectivity index (χ1n) is 44.3. The number of carboxylic acids is 1. The Balaban J connectivity index is 1.28. The molecule has 12 amide bonds. The number of ether oxygens (including phenoxy) is 2. The summed E-state index contributed by atoms with van der Waals surface area (Å²) in [6.45, 7) is -0.850. The Labute approximate surface area is 814 Å². The molecule has 0 aromatic heterocycles. The lowest BCUT2D eigenvalue weighted by Crippen LogP contribution is -2.61. The topological polar surface area (TPSA) is 860 Å². The van der Waals surface area contributed by atoms with Crippen LogP contribution in [-0.4, -0.2) is 287 Å². The van der Waals surface area contributed by atoms with Crippen LogP contribution in [0, 0.1) is 32.5 Å². The van der Waals surface area contributed by atoms with Gasteiger partial charge in [0.25, 0.3) is 5.91 Å². The van der Waals surface area contributed by atoms with E-state index < -0.39 is 210 Å². The molecule has 0 fully saturated rings. The van der Waals surface area contributed by atoms with Crippen LogP contribution in [0.5, 0.6) is 17.2 Å². The van der Waals surface area contributed by atoms with Crippen LogP contribution in [0.4, 0.5) is 11.4 Å². The number of carbonyl (C=O) groups excluding carboxylic acids is 13. The van der Waals surface area contributed by atoms with Crippen LogP contribution in [0.25, 0.3) is 0 Å². The van der Waals surface area contributed by atoms with Gasteiger partial charge in [0.1, 0.15) is 77.7 Å². The summed E-state index contributed by atoms with van der Waals surface area (Å²) in [6.07, 6.45) is -2.90. The average molecular weight is 2000 g/mol. The summed E-state index contributed by atoms with van der Waals surface area (Å²) in [5, 5.41) is 110. The number of carboxylic acid groups (broad SMARTS) is 1. The number of aliphatic carboxylic acids is 1. The van der Waals surface area contributed by atoms with Gasteiger partial charge in [-0.25, -0.2) is 9.59 Å². The van der Waals surface area contributed by atoms with Crippen molar-refractivity contribution in [2.45, 2.75) is 162 Å². The normalized spacial score (nSPS) is 13.9. The number of nitrogens with one attached hydrogen (secondary N) is 23. The molecule has 0 bridgehead atoms. The summed E-state index contributed by atoms with van der Waals surface area (Å²) in [4.78, 5) is 204. The van der Waals surface area contributed by atoms with Gasteiger partial charge in [-0.05, 0) is 138 Å². The number of nitrogens with two attached hydrogens (primary N) is 8. The fourth-order valence-electron chi connectivity index (χ4n) is 14.4. The van der Waals surface area contributed by atoms with Crippen molar-refractivity contribution in [3.63, 3.8) is 0 Å². The number of carbonyl (C=O) groups is 14. The maximum absolute atomic E-state index is 15.1. The molecular formula is C85H129N33O18S3. The van der Waals surface area contributed by atoms with Crippen molar-refractivity contribution in [1.29, 1.82) is 32.5 Å². The van der Waals surface area contributed by atoms with Crippen molar-refractivity contribution in [3.8, 4) is 17.2 Å². The van der Waals surface area contributed by atoms with E-state index in [2.05, 4.69) is 103 Å². The first kappa shape index (κ1) is 113. The maximum Gasteiger partial charge on any atom is 0.340 e. The van der Waals surface area contributed by atoms with Crippen molar-refractivity contribution < 1.29 is 86.8 Å². The zero-order valence-electron chi connectivity index (χ0n) is 77.4. The van der Waals surface area contributed by atoms with Gasteiger partial charge in [0.2, 0.25) is 65.0 Å². The van der Waals surface area contributed by atoms with E-state index in [0.717, 1.165) is 22.2 Å². The van der Waals surface area contributed by atoms with Gasteiger partial charge in [-0.1, -0.05) is 39.8 Å². The van der Waals surface area contributed by atoms with Crippen LogP contribution in [-0.2, 0) is 74.3 Å². The summed E-state index contributed by atoms with van der Waals surface area (Å²) in [5.41, 5.74) is 46.7. The lowest BCUT2D eigenvalue weighted by Gasteiger charge is -2.37. The number of nitrogens with zero attached hydrogens (tertiary/aromatic N) is 2. The molecule has 760 valence electrons.